The molecule has 5 nitrogen and oxygen atoms in total. The first-order chi connectivity index (χ1) is 8.78. The number of hydrogen-bond acceptors (Lipinski definition) is 5. The normalized spacial score (nSPS) is 18.0. The van der Waals surface area contributed by atoms with Crippen molar-refractivity contribution < 1.29 is 8.78 Å². The first kappa shape index (κ1) is 13.3. The summed E-state index contributed by atoms with van der Waals surface area (Å²) in [6, 6.07) is 3.31. The lowest BCUT2D eigenvalue weighted by atomic mass is 10.1. The van der Waals surface area contributed by atoms with Crippen LogP contribution in [0.5, 0.6) is 0 Å². The number of nitrogens with two attached hydrogens (primary N) is 2. The Balaban J connectivity index is 2.30. The minimum absolute atomic E-state index is 0.0872. The Morgan fingerprint density at radius 2 is 1.74 bits per heavy atom. The molecule has 0 atom stereocenters. The van der Waals surface area contributed by atoms with Crippen LogP contribution in [0.15, 0.2) is 28.2 Å². The first-order valence-electron chi connectivity index (χ1n) is 5.70. The second-order valence-electron chi connectivity index (χ2n) is 4.80. The van der Waals surface area contributed by atoms with Gasteiger partial charge in [-0.05, 0) is 31.5 Å². The molecule has 0 saturated carbocycles. The summed E-state index contributed by atoms with van der Waals surface area (Å²) >= 11 is 0. The van der Waals surface area contributed by atoms with E-state index in [2.05, 4.69) is 9.98 Å². The summed E-state index contributed by atoms with van der Waals surface area (Å²) in [6.07, 6.45) is 0. The molecule has 1 aliphatic heterocycles. The molecule has 0 radical (unpaired) electrons. The van der Waals surface area contributed by atoms with Crippen LogP contribution >= 0.6 is 0 Å². The molecule has 0 unspecified atom stereocenters. The van der Waals surface area contributed by atoms with E-state index in [0.29, 0.717) is 5.56 Å². The van der Waals surface area contributed by atoms with Crippen LogP contribution < -0.4 is 11.5 Å². The molecule has 1 heterocycles. The Bertz CT molecular complexity index is 545. The van der Waals surface area contributed by atoms with Gasteiger partial charge in [-0.25, -0.2) is 13.8 Å². The summed E-state index contributed by atoms with van der Waals surface area (Å²) in [6.45, 7) is 3.77. The number of halogens is 2. The van der Waals surface area contributed by atoms with E-state index in [1.165, 1.54) is 12.1 Å². The molecule has 102 valence electrons. The summed E-state index contributed by atoms with van der Waals surface area (Å²) < 4.78 is 26.3. The molecule has 2 rings (SSSR count). The van der Waals surface area contributed by atoms with Crippen LogP contribution in [0.2, 0.25) is 0 Å². The lowest BCUT2D eigenvalue weighted by molar-refractivity contribution is 0.210. The third-order valence-corrected chi connectivity index (χ3v) is 2.82. The third-order valence-electron chi connectivity index (χ3n) is 2.82. The second-order valence-corrected chi connectivity index (χ2v) is 4.80. The van der Waals surface area contributed by atoms with Gasteiger partial charge < -0.3 is 16.4 Å². The maximum atomic E-state index is 13.2. The summed E-state index contributed by atoms with van der Waals surface area (Å²) in [4.78, 5) is 9.64. The Morgan fingerprint density at radius 1 is 1.16 bits per heavy atom. The van der Waals surface area contributed by atoms with Crippen LogP contribution in [0.4, 0.5) is 8.78 Å². The number of rotatable bonds is 2. The lowest BCUT2D eigenvalue weighted by Gasteiger charge is -2.38. The van der Waals surface area contributed by atoms with E-state index in [-0.39, 0.29) is 18.5 Å². The highest BCUT2D eigenvalue weighted by molar-refractivity contribution is 5.95. The van der Waals surface area contributed by atoms with Crippen LogP contribution in [0.3, 0.4) is 0 Å². The Morgan fingerprint density at radius 3 is 2.26 bits per heavy atom. The monoisotopic (exact) mass is 267 g/mol. The summed E-state index contributed by atoms with van der Waals surface area (Å²) in [7, 11) is 0. The minimum atomic E-state index is -0.724. The predicted molar refractivity (Wildman–Crippen MR) is 69.2 cm³/mol. The van der Waals surface area contributed by atoms with Gasteiger partial charge in [-0.2, -0.15) is 4.99 Å². The third kappa shape index (κ3) is 2.81. The van der Waals surface area contributed by atoms with Gasteiger partial charge >= 0.3 is 0 Å². The highest BCUT2D eigenvalue weighted by Gasteiger charge is 2.31. The quantitative estimate of drug-likeness (QED) is 0.843. The zero-order valence-electron chi connectivity index (χ0n) is 10.7. The van der Waals surface area contributed by atoms with E-state index in [1.807, 2.05) is 0 Å². The van der Waals surface area contributed by atoms with Gasteiger partial charge in [-0.1, -0.05) is 0 Å². The number of benzene rings is 1. The molecule has 19 heavy (non-hydrogen) atoms. The van der Waals surface area contributed by atoms with E-state index >= 15 is 0 Å². The first-order valence-corrected chi connectivity index (χ1v) is 5.70. The van der Waals surface area contributed by atoms with Crippen LogP contribution in [0.1, 0.15) is 19.4 Å². The topological polar surface area (TPSA) is 80.0 Å². The van der Waals surface area contributed by atoms with Gasteiger partial charge in [0.05, 0.1) is 0 Å². The highest BCUT2D eigenvalue weighted by Crippen LogP contribution is 2.22. The van der Waals surface area contributed by atoms with Crippen molar-refractivity contribution in [2.24, 2.45) is 21.5 Å². The largest absolute Gasteiger partial charge is 0.369 e. The summed E-state index contributed by atoms with van der Waals surface area (Å²) in [5.74, 6) is -1.02. The van der Waals surface area contributed by atoms with Gasteiger partial charge in [0, 0.05) is 12.6 Å². The van der Waals surface area contributed by atoms with Gasteiger partial charge in [-0.15, -0.1) is 0 Å². The molecule has 0 amide bonds. The molecule has 0 fully saturated rings. The number of guanidine groups is 2. The summed E-state index contributed by atoms with van der Waals surface area (Å²) in [5.41, 5.74) is 11.1. The van der Waals surface area contributed by atoms with Crippen molar-refractivity contribution in [3.05, 3.63) is 35.4 Å². The molecule has 0 spiro atoms. The van der Waals surface area contributed by atoms with E-state index in [1.54, 1.807) is 18.7 Å². The van der Waals surface area contributed by atoms with E-state index in [9.17, 15) is 8.78 Å². The highest BCUT2D eigenvalue weighted by atomic mass is 19.1. The van der Waals surface area contributed by atoms with Crippen molar-refractivity contribution in [2.45, 2.75) is 26.1 Å². The molecule has 4 N–H and O–H groups in total. The van der Waals surface area contributed by atoms with Gasteiger partial charge in [-0.3, -0.25) is 0 Å². The molecule has 7 heteroatoms. The van der Waals surface area contributed by atoms with E-state index in [4.69, 9.17) is 11.5 Å². The molecular formula is C12H15F2N5. The maximum Gasteiger partial charge on any atom is 0.220 e. The molecule has 1 aromatic rings. The predicted octanol–water partition coefficient (Wildman–Crippen LogP) is 1.15. The Kier molecular flexibility index (Phi) is 3.13. The average Bonchev–Trinajstić information content (AvgIpc) is 2.21. The van der Waals surface area contributed by atoms with Crippen LogP contribution in [-0.2, 0) is 6.54 Å². The number of aliphatic imine (C=N–C) groups is 2. The van der Waals surface area contributed by atoms with Crippen molar-refractivity contribution in [3.8, 4) is 0 Å². The van der Waals surface area contributed by atoms with E-state index in [0.717, 1.165) is 6.07 Å². The summed E-state index contributed by atoms with van der Waals surface area (Å²) in [5, 5.41) is 0. The standard InChI is InChI=1S/C12H15F2N5/c1-12(2)18-10(15)17-11(16)19(12)6-7-3-8(13)5-9(14)4-7/h3-5H,6H2,1-2H3,(H4,15,16,17,18). The molecule has 0 bridgehead atoms. The molecule has 1 aromatic carbocycles. The average molecular weight is 267 g/mol. The molecule has 0 saturated heterocycles. The Labute approximate surface area is 109 Å². The fraction of sp³-hybridized carbons (Fsp3) is 0.333. The van der Waals surface area contributed by atoms with Gasteiger partial charge in [0.25, 0.3) is 0 Å². The maximum absolute atomic E-state index is 13.2. The second kappa shape index (κ2) is 4.49. The van der Waals surface area contributed by atoms with Crippen molar-refractivity contribution in [3.63, 3.8) is 0 Å². The van der Waals surface area contributed by atoms with Crippen LogP contribution in [0.25, 0.3) is 0 Å². The van der Waals surface area contributed by atoms with Crippen molar-refractivity contribution in [1.82, 2.24) is 4.90 Å². The van der Waals surface area contributed by atoms with Crippen molar-refractivity contribution in [1.29, 1.82) is 0 Å². The zero-order chi connectivity index (χ0) is 14.2. The molecular weight excluding hydrogens is 252 g/mol. The fourth-order valence-electron chi connectivity index (χ4n) is 1.98. The lowest BCUT2D eigenvalue weighted by Crippen LogP contribution is -2.53. The molecule has 0 aromatic heterocycles. The van der Waals surface area contributed by atoms with Gasteiger partial charge in [0.2, 0.25) is 11.9 Å². The van der Waals surface area contributed by atoms with Crippen molar-refractivity contribution >= 4 is 11.9 Å². The number of nitrogens with zero attached hydrogens (tertiary/aromatic N) is 3. The van der Waals surface area contributed by atoms with Crippen molar-refractivity contribution in [2.75, 3.05) is 0 Å². The molecule has 0 aliphatic carbocycles. The van der Waals surface area contributed by atoms with Crippen LogP contribution in [-0.4, -0.2) is 22.5 Å². The van der Waals surface area contributed by atoms with Gasteiger partial charge in [0.1, 0.15) is 17.3 Å². The number of hydrogen-bond donors (Lipinski definition) is 2. The Hall–Kier alpha value is -2.18. The van der Waals surface area contributed by atoms with Crippen LogP contribution in [0, 0.1) is 11.6 Å². The smallest absolute Gasteiger partial charge is 0.220 e. The van der Waals surface area contributed by atoms with E-state index < -0.39 is 17.3 Å². The SMILES string of the molecule is CC1(C)N=C(N)N=C(N)N1Cc1cc(F)cc(F)c1. The molecule has 1 aliphatic rings. The zero-order valence-corrected chi connectivity index (χ0v) is 10.7. The fourth-order valence-corrected chi connectivity index (χ4v) is 1.98. The van der Waals surface area contributed by atoms with Gasteiger partial charge in [0.15, 0.2) is 0 Å². The minimum Gasteiger partial charge on any atom is -0.369 e.